The molecule has 0 saturated heterocycles. The lowest BCUT2D eigenvalue weighted by molar-refractivity contribution is -0.159. The zero-order valence-corrected chi connectivity index (χ0v) is 81.6. The van der Waals surface area contributed by atoms with Gasteiger partial charge in [-0.2, -0.15) is 0 Å². The van der Waals surface area contributed by atoms with Crippen molar-refractivity contribution in [3.8, 4) is 0 Å². The van der Waals surface area contributed by atoms with E-state index in [0.717, 1.165) is 135 Å². The molecule has 12 heteroatoms. The summed E-state index contributed by atoms with van der Waals surface area (Å²) in [7, 11) is 0. The van der Waals surface area contributed by atoms with Crippen LogP contribution in [0.3, 0.4) is 0 Å². The highest BCUT2D eigenvalue weighted by Gasteiger charge is 2.39. The fourth-order valence-corrected chi connectivity index (χ4v) is 21.1. The van der Waals surface area contributed by atoms with Crippen molar-refractivity contribution < 1.29 is 57.1 Å². The molecule has 12 nitrogen and oxygen atoms in total. The highest BCUT2D eigenvalue weighted by molar-refractivity contribution is 6.26. The maximum Gasteiger partial charge on any atom is 0.308 e. The average molecular weight is 1790 g/mol. The molecule has 0 N–H and O–H groups in total. The van der Waals surface area contributed by atoms with Crippen molar-refractivity contribution in [3.63, 3.8) is 0 Å². The fourth-order valence-electron chi connectivity index (χ4n) is 21.1. The number of ether oxygens (including phenoxy) is 8. The maximum absolute atomic E-state index is 12.2. The highest BCUT2D eigenvalue weighted by Crippen LogP contribution is 2.47. The Morgan fingerprint density at radius 1 is 0.271 bits per heavy atom. The molecule has 0 amide bonds. The summed E-state index contributed by atoms with van der Waals surface area (Å²) in [6, 6.07) is 81.5. The smallest absolute Gasteiger partial charge is 0.308 e. The first-order valence-electron chi connectivity index (χ1n) is 50.1. The van der Waals surface area contributed by atoms with Gasteiger partial charge >= 0.3 is 23.9 Å². The monoisotopic (exact) mass is 1790 g/mol. The van der Waals surface area contributed by atoms with E-state index in [1.807, 2.05) is 55.4 Å². The van der Waals surface area contributed by atoms with Crippen LogP contribution in [0, 0.1) is 23.7 Å². The molecule has 0 aromatic heterocycles. The molecule has 0 bridgehead atoms. The van der Waals surface area contributed by atoms with E-state index in [1.54, 1.807) is 0 Å². The van der Waals surface area contributed by atoms with Crippen LogP contribution in [0.2, 0.25) is 0 Å². The zero-order chi connectivity index (χ0) is 93.6. The number of carbonyl (C=O) groups excluding carboxylic acids is 4. The second-order valence-electron chi connectivity index (χ2n) is 41.0. The molecule has 19 rings (SSSR count). The van der Waals surface area contributed by atoms with Gasteiger partial charge in [-0.25, -0.2) is 0 Å². The van der Waals surface area contributed by atoms with Crippen LogP contribution in [0.4, 0.5) is 0 Å². The summed E-state index contributed by atoms with van der Waals surface area (Å²) in [5.41, 5.74) is 6.09. The van der Waals surface area contributed by atoms with Crippen molar-refractivity contribution in [2.75, 3.05) is 0 Å². The Kier molecular flexibility index (Phi) is 29.7. The molecule has 0 aliphatic heterocycles. The Balaban J connectivity index is 0.000000129. The minimum absolute atomic E-state index is 0.0107. The molecule has 4 fully saturated rings. The zero-order valence-electron chi connectivity index (χ0n) is 81.6. The molecule has 14 aromatic carbocycles. The first kappa shape index (κ1) is 95.6. The van der Waals surface area contributed by atoms with Gasteiger partial charge in [0.1, 0.15) is 24.4 Å². The molecule has 14 aromatic rings. The number of esters is 4. The number of fused-ring (bicyclic) bond motifs is 11. The summed E-state index contributed by atoms with van der Waals surface area (Å²) in [6.07, 6.45) is 21.9. The second kappa shape index (κ2) is 41.3. The van der Waals surface area contributed by atoms with Gasteiger partial charge in [0.2, 0.25) is 0 Å². The van der Waals surface area contributed by atoms with E-state index in [9.17, 15) is 19.2 Å². The molecule has 133 heavy (non-hydrogen) atoms. The molecular weight excluding hydrogens is 1650 g/mol. The van der Waals surface area contributed by atoms with E-state index in [-0.39, 0.29) is 102 Å². The molecule has 0 heterocycles. The van der Waals surface area contributed by atoms with Gasteiger partial charge < -0.3 is 37.9 Å². The molecule has 0 radical (unpaired) electrons. The summed E-state index contributed by atoms with van der Waals surface area (Å²) in [4.78, 5) is 48.5. The van der Waals surface area contributed by atoms with Gasteiger partial charge in [0.15, 0.2) is 0 Å². The molecule has 4 atom stereocenters. The van der Waals surface area contributed by atoms with E-state index in [1.165, 1.54) is 141 Å². The lowest BCUT2D eigenvalue weighted by Gasteiger charge is -2.37. The van der Waals surface area contributed by atoms with Gasteiger partial charge in [0.05, 0.1) is 70.5 Å². The SMILES string of the molecule is CCC(C)C(=O)OC1CCC(OC(C)(C)C2=Cc3cccc4cccc(c34)C2)CC1.CCC(C)C(=O)OC1CCC(OC(C)(C)c2cc3cccc4ccc5cccc2c5c43)CC1.CCC(C)C(=O)OC1CCC(OC(C)(C)c2ccc3c(ccc4c5ccccc5ccc34)c2)CC1.CCC(C)C(=O)OC1CCC(OC(C)(C)c2ccc3c4ccccc4c4ccccc4c3c2)CC1. The van der Waals surface area contributed by atoms with Crippen LogP contribution >= 0.6 is 0 Å². The number of hydrogen-bond acceptors (Lipinski definition) is 12. The molecule has 696 valence electrons. The number of hydrogen-bond donors (Lipinski definition) is 0. The maximum atomic E-state index is 12.2. The summed E-state index contributed by atoms with van der Waals surface area (Å²) < 4.78 is 49.7. The number of benzene rings is 14. The predicted molar refractivity (Wildman–Crippen MR) is 548 cm³/mol. The number of rotatable bonds is 24. The van der Waals surface area contributed by atoms with E-state index < -0.39 is 16.8 Å². The molecule has 0 spiro atoms. The Morgan fingerprint density at radius 2 is 0.579 bits per heavy atom. The predicted octanol–water partition coefficient (Wildman–Crippen LogP) is 30.8. The third-order valence-corrected chi connectivity index (χ3v) is 30.1. The Bertz CT molecular complexity index is 6470. The van der Waals surface area contributed by atoms with E-state index in [4.69, 9.17) is 37.9 Å². The van der Waals surface area contributed by atoms with Gasteiger partial charge in [-0.05, 0) is 350 Å². The second-order valence-corrected chi connectivity index (χ2v) is 41.0. The molecular formula is C121H140O12. The number of carbonyl (C=O) groups is 4. The van der Waals surface area contributed by atoms with Crippen LogP contribution < -0.4 is 0 Å². The molecule has 5 aliphatic carbocycles. The van der Waals surface area contributed by atoms with Gasteiger partial charge in [-0.3, -0.25) is 19.2 Å². The third-order valence-electron chi connectivity index (χ3n) is 30.1. The van der Waals surface area contributed by atoms with Crippen molar-refractivity contribution in [2.24, 2.45) is 23.7 Å². The minimum atomic E-state index is -0.422. The lowest BCUT2D eigenvalue weighted by atomic mass is 9.82. The first-order valence-corrected chi connectivity index (χ1v) is 50.1. The first-order chi connectivity index (χ1) is 64.0. The summed E-state index contributed by atoms with van der Waals surface area (Å²) in [5.74, 6) is -0.315. The van der Waals surface area contributed by atoms with Crippen LogP contribution in [-0.4, -0.2) is 78.3 Å². The Hall–Kier alpha value is -10.6. The molecule has 4 unspecified atom stereocenters. The van der Waals surface area contributed by atoms with Crippen LogP contribution in [0.25, 0.3) is 114 Å². The average Bonchev–Trinajstić information content (AvgIpc) is 0.731. The summed E-state index contributed by atoms with van der Waals surface area (Å²) in [5, 5.41) is 25.8. The topological polar surface area (TPSA) is 142 Å². The van der Waals surface area contributed by atoms with Crippen LogP contribution in [0.1, 0.15) is 267 Å². The van der Waals surface area contributed by atoms with Gasteiger partial charge in [-0.1, -0.05) is 268 Å². The quantitative estimate of drug-likeness (QED) is 0.0323. The van der Waals surface area contributed by atoms with Crippen molar-refractivity contribution in [2.45, 2.75) is 317 Å². The normalized spacial score (nSPS) is 20.6. The fraction of sp³-hybridized carbons (Fsp3) is 0.438. The molecule has 5 aliphatic rings. The van der Waals surface area contributed by atoms with E-state index in [2.05, 4.69) is 286 Å². The van der Waals surface area contributed by atoms with Crippen LogP contribution in [0.5, 0.6) is 0 Å². The Morgan fingerprint density at radius 3 is 1.05 bits per heavy atom. The highest BCUT2D eigenvalue weighted by atomic mass is 16.6. The standard InChI is InChI=1S/2C32H36O3.C30H34O3.C27H34O3/c1-5-21(2)31(33)34-23-15-17-24(18-16-23)35-32(3,4)22-14-19-29-27-12-7-6-10-25(27)26-11-8-9-13-28(26)30(29)20-22;1-5-21(2)31(33)34-25-13-15-26(16-14-25)35-32(3,4)24-12-19-28-23(20-24)11-18-29-27-9-7-6-8-22(27)10-17-30(28)29;1-5-19(2)29(31)32-23-14-16-24(17-15-23)33-30(3,4)26-18-22-10-6-8-20-12-13-21-9-7-11-25(26)28(21)27(20)22;1-5-18(2)26(28)29-23-12-14-24(15-13-23)30-27(3,4)22-16-20-10-6-8-19-9-7-11-21(17-22)25(19)20/h6-14,19-21,23-24H,5,15-18H2,1-4H3;6-12,17-21,25-26H,5,13-16H2,1-4H3;6-13,18-19,23-24H,5,14-17H2,1-4H3;6-11,16,18,23-24H,5,12-15,17H2,1-4H3. The third kappa shape index (κ3) is 21.5. The van der Waals surface area contributed by atoms with E-state index in [0.29, 0.717) is 0 Å². The lowest BCUT2D eigenvalue weighted by Crippen LogP contribution is -2.37. The molecule has 4 saturated carbocycles. The van der Waals surface area contributed by atoms with Gasteiger partial charge in [0.25, 0.3) is 0 Å². The summed E-state index contributed by atoms with van der Waals surface area (Å²) in [6.45, 7) is 33.3. The summed E-state index contributed by atoms with van der Waals surface area (Å²) >= 11 is 0. The van der Waals surface area contributed by atoms with Crippen molar-refractivity contribution in [1.29, 1.82) is 0 Å². The van der Waals surface area contributed by atoms with Crippen molar-refractivity contribution in [3.05, 3.63) is 258 Å². The minimum Gasteiger partial charge on any atom is -0.462 e. The largest absolute Gasteiger partial charge is 0.462 e. The van der Waals surface area contributed by atoms with Crippen LogP contribution in [-0.2, 0) is 80.3 Å². The van der Waals surface area contributed by atoms with Crippen LogP contribution in [0.15, 0.2) is 230 Å². The van der Waals surface area contributed by atoms with Gasteiger partial charge in [-0.15, -0.1) is 0 Å². The van der Waals surface area contributed by atoms with Gasteiger partial charge in [0, 0.05) is 0 Å². The van der Waals surface area contributed by atoms with E-state index >= 15 is 0 Å². The Labute approximate surface area is 788 Å². The van der Waals surface area contributed by atoms with Crippen molar-refractivity contribution >= 4 is 138 Å². The van der Waals surface area contributed by atoms with Crippen molar-refractivity contribution in [1.82, 2.24) is 0 Å².